The molecular formula is C20H22N6O3. The van der Waals surface area contributed by atoms with Crippen molar-refractivity contribution < 1.29 is 14.3 Å². The standard InChI is InChI=1S/C20H22N6O3/c1-13-5-7-22-19(24-13)25-15-4-2-3-14(11-15)17-12-23-20(29-17)26-9-8-21-18(28)16(26)6-10-27/h2-5,7,11-12,16,27H,6,8-10H2,1H3,(H,21,28)(H,22,24,25). The molecule has 4 rings (SSSR count). The highest BCUT2D eigenvalue weighted by molar-refractivity contribution is 5.85. The number of nitrogens with zero attached hydrogens (tertiary/aromatic N) is 4. The topological polar surface area (TPSA) is 116 Å². The number of hydrogen-bond acceptors (Lipinski definition) is 8. The zero-order valence-corrected chi connectivity index (χ0v) is 16.0. The van der Waals surface area contributed by atoms with E-state index in [-0.39, 0.29) is 12.5 Å². The monoisotopic (exact) mass is 394 g/mol. The highest BCUT2D eigenvalue weighted by atomic mass is 16.4. The number of hydrogen-bond donors (Lipinski definition) is 3. The highest BCUT2D eigenvalue weighted by Gasteiger charge is 2.32. The van der Waals surface area contributed by atoms with Crippen LogP contribution in [0.4, 0.5) is 17.7 Å². The first-order valence-corrected chi connectivity index (χ1v) is 9.42. The van der Waals surface area contributed by atoms with Gasteiger partial charge in [0.2, 0.25) is 11.9 Å². The van der Waals surface area contributed by atoms with Gasteiger partial charge in [-0.25, -0.2) is 15.0 Å². The van der Waals surface area contributed by atoms with Crippen molar-refractivity contribution in [1.29, 1.82) is 0 Å². The molecule has 1 aliphatic rings. The lowest BCUT2D eigenvalue weighted by Gasteiger charge is -2.33. The summed E-state index contributed by atoms with van der Waals surface area (Å²) in [6.45, 7) is 2.90. The summed E-state index contributed by atoms with van der Waals surface area (Å²) in [5, 5.41) is 15.3. The Morgan fingerprint density at radius 3 is 3.07 bits per heavy atom. The quantitative estimate of drug-likeness (QED) is 0.580. The van der Waals surface area contributed by atoms with Crippen LogP contribution in [0.1, 0.15) is 12.1 Å². The van der Waals surface area contributed by atoms with E-state index >= 15 is 0 Å². The minimum atomic E-state index is -0.494. The number of carbonyl (C=O) groups is 1. The fraction of sp³-hybridized carbons (Fsp3) is 0.300. The molecule has 29 heavy (non-hydrogen) atoms. The van der Waals surface area contributed by atoms with Gasteiger partial charge in [0.05, 0.1) is 6.20 Å². The molecule has 9 nitrogen and oxygen atoms in total. The van der Waals surface area contributed by atoms with Crippen LogP contribution in [0.2, 0.25) is 0 Å². The molecule has 0 bridgehead atoms. The fourth-order valence-electron chi connectivity index (χ4n) is 3.27. The summed E-state index contributed by atoms with van der Waals surface area (Å²) in [6, 6.07) is 9.37. The Morgan fingerprint density at radius 2 is 2.24 bits per heavy atom. The average molecular weight is 394 g/mol. The van der Waals surface area contributed by atoms with Gasteiger partial charge in [-0.1, -0.05) is 12.1 Å². The molecule has 1 atom stereocenters. The summed E-state index contributed by atoms with van der Waals surface area (Å²) in [7, 11) is 0. The van der Waals surface area contributed by atoms with Crippen LogP contribution < -0.4 is 15.5 Å². The van der Waals surface area contributed by atoms with Gasteiger partial charge in [-0.05, 0) is 31.5 Å². The lowest BCUT2D eigenvalue weighted by molar-refractivity contribution is -0.123. The fourth-order valence-corrected chi connectivity index (χ4v) is 3.27. The van der Waals surface area contributed by atoms with Gasteiger partial charge in [0, 0.05) is 42.8 Å². The molecule has 2 aromatic heterocycles. The third-order valence-corrected chi connectivity index (χ3v) is 4.67. The number of piperazine rings is 1. The maximum absolute atomic E-state index is 12.1. The second-order valence-electron chi connectivity index (χ2n) is 6.75. The van der Waals surface area contributed by atoms with Gasteiger partial charge in [-0.15, -0.1) is 0 Å². The molecule has 0 spiro atoms. The van der Waals surface area contributed by atoms with Gasteiger partial charge >= 0.3 is 0 Å². The van der Waals surface area contributed by atoms with Gasteiger partial charge < -0.3 is 25.1 Å². The van der Waals surface area contributed by atoms with Crippen LogP contribution in [0.15, 0.2) is 47.1 Å². The summed E-state index contributed by atoms with van der Waals surface area (Å²) in [4.78, 5) is 26.8. The van der Waals surface area contributed by atoms with E-state index in [1.165, 1.54) is 0 Å². The molecule has 1 aliphatic heterocycles. The summed E-state index contributed by atoms with van der Waals surface area (Å²) in [5.74, 6) is 0.975. The first kappa shape index (κ1) is 18.9. The first-order valence-electron chi connectivity index (χ1n) is 9.42. The maximum atomic E-state index is 12.1. The lowest BCUT2D eigenvalue weighted by atomic mass is 10.1. The summed E-state index contributed by atoms with van der Waals surface area (Å²) in [5.41, 5.74) is 2.53. The number of oxazole rings is 1. The smallest absolute Gasteiger partial charge is 0.298 e. The van der Waals surface area contributed by atoms with E-state index in [0.29, 0.717) is 37.2 Å². The average Bonchev–Trinajstić information content (AvgIpc) is 3.20. The first-order chi connectivity index (χ1) is 14.1. The Balaban J connectivity index is 1.55. The van der Waals surface area contributed by atoms with Gasteiger partial charge in [-0.2, -0.15) is 0 Å². The molecule has 1 fully saturated rings. The third kappa shape index (κ3) is 4.19. The highest BCUT2D eigenvalue weighted by Crippen LogP contribution is 2.29. The van der Waals surface area contributed by atoms with Crippen LogP contribution in [-0.2, 0) is 4.79 Å². The summed E-state index contributed by atoms with van der Waals surface area (Å²) >= 11 is 0. The largest absolute Gasteiger partial charge is 0.423 e. The number of nitrogens with one attached hydrogen (secondary N) is 2. The maximum Gasteiger partial charge on any atom is 0.298 e. The van der Waals surface area contributed by atoms with Crippen molar-refractivity contribution in [1.82, 2.24) is 20.3 Å². The Kier molecular flexibility index (Phi) is 5.39. The van der Waals surface area contributed by atoms with Crippen molar-refractivity contribution in [2.45, 2.75) is 19.4 Å². The molecule has 9 heteroatoms. The van der Waals surface area contributed by atoms with Crippen LogP contribution in [0, 0.1) is 6.92 Å². The van der Waals surface area contributed by atoms with E-state index in [9.17, 15) is 9.90 Å². The summed E-state index contributed by atoms with van der Waals surface area (Å²) < 4.78 is 5.95. The number of aryl methyl sites for hydroxylation is 1. The number of aromatic nitrogens is 3. The van der Waals surface area contributed by atoms with Crippen molar-refractivity contribution in [3.8, 4) is 11.3 Å². The molecule has 150 valence electrons. The van der Waals surface area contributed by atoms with Gasteiger partial charge in [0.1, 0.15) is 6.04 Å². The van der Waals surface area contributed by atoms with Crippen LogP contribution in [0.25, 0.3) is 11.3 Å². The Labute approximate surface area is 167 Å². The molecule has 1 saturated heterocycles. The SMILES string of the molecule is Cc1ccnc(Nc2cccc(-c3cnc(N4CCNC(=O)C4CCO)o3)c2)n1. The van der Waals surface area contributed by atoms with Crippen LogP contribution >= 0.6 is 0 Å². The van der Waals surface area contributed by atoms with E-state index in [1.54, 1.807) is 17.3 Å². The molecule has 0 aliphatic carbocycles. The van der Waals surface area contributed by atoms with Crippen molar-refractivity contribution in [2.75, 3.05) is 29.9 Å². The molecule has 1 unspecified atom stereocenters. The van der Waals surface area contributed by atoms with Gasteiger partial charge in [0.25, 0.3) is 6.01 Å². The van der Waals surface area contributed by atoms with Crippen LogP contribution in [0.5, 0.6) is 0 Å². The van der Waals surface area contributed by atoms with E-state index in [4.69, 9.17) is 4.42 Å². The molecule has 1 aromatic carbocycles. The number of aliphatic hydroxyl groups excluding tert-OH is 1. The molecule has 0 radical (unpaired) electrons. The Morgan fingerprint density at radius 1 is 1.34 bits per heavy atom. The molecule has 3 N–H and O–H groups in total. The molecular weight excluding hydrogens is 372 g/mol. The van der Waals surface area contributed by atoms with E-state index in [1.807, 2.05) is 37.3 Å². The second kappa shape index (κ2) is 8.27. The number of aliphatic hydroxyl groups is 1. The zero-order chi connectivity index (χ0) is 20.2. The number of amides is 1. The number of carbonyl (C=O) groups excluding carboxylic acids is 1. The third-order valence-electron chi connectivity index (χ3n) is 4.67. The van der Waals surface area contributed by atoms with Crippen molar-refractivity contribution in [3.63, 3.8) is 0 Å². The van der Waals surface area contributed by atoms with Crippen molar-refractivity contribution in [2.24, 2.45) is 0 Å². The molecule has 0 saturated carbocycles. The van der Waals surface area contributed by atoms with Crippen molar-refractivity contribution >= 4 is 23.6 Å². The predicted octanol–water partition coefficient (Wildman–Crippen LogP) is 1.87. The predicted molar refractivity (Wildman–Crippen MR) is 108 cm³/mol. The summed E-state index contributed by atoms with van der Waals surface area (Å²) in [6.07, 6.45) is 3.66. The van der Waals surface area contributed by atoms with Crippen LogP contribution in [-0.4, -0.2) is 51.7 Å². The Hall–Kier alpha value is -3.46. The van der Waals surface area contributed by atoms with Gasteiger partial charge in [0.15, 0.2) is 5.76 Å². The number of rotatable bonds is 6. The Bertz CT molecular complexity index is 1010. The lowest BCUT2D eigenvalue weighted by Crippen LogP contribution is -2.55. The van der Waals surface area contributed by atoms with Crippen molar-refractivity contribution in [3.05, 3.63) is 48.4 Å². The van der Waals surface area contributed by atoms with Crippen LogP contribution in [0.3, 0.4) is 0 Å². The molecule has 3 aromatic rings. The normalized spacial score (nSPS) is 16.6. The minimum absolute atomic E-state index is 0.0864. The number of anilines is 3. The minimum Gasteiger partial charge on any atom is -0.423 e. The zero-order valence-electron chi connectivity index (χ0n) is 16.0. The second-order valence-corrected chi connectivity index (χ2v) is 6.75. The molecule has 1 amide bonds. The number of benzene rings is 1. The van der Waals surface area contributed by atoms with E-state index in [0.717, 1.165) is 16.9 Å². The van der Waals surface area contributed by atoms with E-state index in [2.05, 4.69) is 25.6 Å². The van der Waals surface area contributed by atoms with E-state index < -0.39 is 6.04 Å². The molecule has 3 heterocycles. The van der Waals surface area contributed by atoms with Gasteiger partial charge in [-0.3, -0.25) is 4.79 Å².